The van der Waals surface area contributed by atoms with Gasteiger partial charge in [-0.25, -0.2) is 12.7 Å². The van der Waals surface area contributed by atoms with E-state index in [2.05, 4.69) is 16.0 Å². The van der Waals surface area contributed by atoms with Gasteiger partial charge in [-0.15, -0.1) is 0 Å². The van der Waals surface area contributed by atoms with Crippen molar-refractivity contribution in [2.24, 2.45) is 10.4 Å². The van der Waals surface area contributed by atoms with Crippen LogP contribution in [0.15, 0.2) is 98.4 Å². The van der Waals surface area contributed by atoms with Crippen LogP contribution < -0.4 is 20.9 Å². The Kier molecular flexibility index (Phi) is 22.0. The number of sulfonamides is 1. The van der Waals surface area contributed by atoms with E-state index in [1.165, 1.54) is 37.4 Å². The lowest BCUT2D eigenvalue weighted by Crippen LogP contribution is -2.53. The van der Waals surface area contributed by atoms with Crippen molar-refractivity contribution in [1.82, 2.24) is 20.3 Å². The number of anilines is 1. The van der Waals surface area contributed by atoms with Crippen molar-refractivity contribution >= 4 is 91.3 Å². The minimum Gasteiger partial charge on any atom is -0.466 e. The second-order valence-corrected chi connectivity index (χ2v) is 29.3. The average Bonchev–Trinajstić information content (AvgIpc) is 3.96. The summed E-state index contributed by atoms with van der Waals surface area (Å²) in [4.78, 5) is 59.7. The van der Waals surface area contributed by atoms with Gasteiger partial charge in [0.2, 0.25) is 27.7 Å². The smallest absolute Gasteiger partial charge is 0.305 e. The van der Waals surface area contributed by atoms with Gasteiger partial charge in [-0.2, -0.15) is 33.7 Å². The van der Waals surface area contributed by atoms with Gasteiger partial charge in [0.25, 0.3) is 40.5 Å². The van der Waals surface area contributed by atoms with Gasteiger partial charge in [-0.05, 0) is 116 Å². The summed E-state index contributed by atoms with van der Waals surface area (Å²) in [6.45, 7) is 8.05. The maximum atomic E-state index is 14.8. The zero-order valence-electron chi connectivity index (χ0n) is 46.4. The van der Waals surface area contributed by atoms with Crippen LogP contribution in [0.2, 0.25) is 0 Å². The number of ether oxygens (including phenoxy) is 1. The van der Waals surface area contributed by atoms with Crippen LogP contribution in [0.5, 0.6) is 0 Å². The minimum atomic E-state index is -4.58. The SMILES string of the molecule is CCOC(=O)CCCCCNC(=O)C1(C(=O)NCCS(=O)(=O)O)CC(/C=C/C2=Nc3ccc(S(=O)(=O)O)cc3C2(C)C)=CC(=C/C=C2/N(CCCS(=O)(=O)O)c3ccc(S(=O)(=O)N(C)CCCC(=O)NCCS(=O)(=O)O)cc3C2(C)C)/C1. The summed E-state index contributed by atoms with van der Waals surface area (Å²) < 4.78 is 166. The van der Waals surface area contributed by atoms with E-state index in [1.807, 2.05) is 0 Å². The van der Waals surface area contributed by atoms with Gasteiger partial charge in [-0.3, -0.25) is 42.4 Å². The molecule has 454 valence electrons. The zero-order chi connectivity index (χ0) is 61.3. The molecule has 82 heavy (non-hydrogen) atoms. The van der Waals surface area contributed by atoms with E-state index >= 15 is 0 Å². The molecule has 7 N–H and O–H groups in total. The predicted octanol–water partition coefficient (Wildman–Crippen LogP) is 4.09. The third-order valence-corrected chi connectivity index (χ3v) is 19.1. The van der Waals surface area contributed by atoms with Gasteiger partial charge in [0.15, 0.2) is 0 Å². The molecular weight excluding hydrogens is 1170 g/mol. The van der Waals surface area contributed by atoms with Gasteiger partial charge in [0.05, 0.1) is 45.1 Å². The largest absolute Gasteiger partial charge is 0.466 e. The molecule has 1 atom stereocenters. The molecule has 3 amide bonds. The summed E-state index contributed by atoms with van der Waals surface area (Å²) in [5, 5.41) is 7.70. The fourth-order valence-electron chi connectivity index (χ4n) is 9.81. The fourth-order valence-corrected chi connectivity index (χ4v) is 12.8. The Hall–Kier alpha value is -5.70. The quantitative estimate of drug-likeness (QED) is 0.0261. The van der Waals surface area contributed by atoms with Gasteiger partial charge in [0, 0.05) is 74.8 Å². The molecule has 0 fully saturated rings. The molecule has 5 rings (SSSR count). The predicted molar refractivity (Wildman–Crippen MR) is 305 cm³/mol. The highest BCUT2D eigenvalue weighted by molar-refractivity contribution is 7.89. The van der Waals surface area contributed by atoms with Crippen LogP contribution in [-0.4, -0.2) is 158 Å². The number of fused-ring (bicyclic) bond motifs is 2. The number of hydrogen-bond donors (Lipinski definition) is 7. The molecule has 0 saturated carbocycles. The van der Waals surface area contributed by atoms with E-state index in [-0.39, 0.29) is 87.1 Å². The van der Waals surface area contributed by atoms with Crippen LogP contribution in [-0.2, 0) is 85.2 Å². The molecule has 30 heteroatoms. The standard InChI is InChI=1S/C52H72N6O19S5/c1-7-77-47(60)14-9-8-10-23-54-48(61)52(49(62)55-25-30-80(69,70)71)34-36(15-21-44-50(2,3)40-33-39(82(74,75)76)17-19-42(40)56-44)31-37(35-52)16-22-45-51(4,5)41-32-38(18-20-43(41)58(45)27-12-28-78(63,64)65)81(72,73)57(6)26-11-13-46(59)53-24-29-79(66,67)68/h15-22,31-33H,7-14,23-30,34-35H2,1-6H3,(H,53,59)(H,54,61)(H,55,62)(H,63,64,65)(H,66,67,68)(H,69,70,71)(H,74,75,76)/b21-15+,37-16-,45-22+. The molecular formula is C52H72N6O19S5. The molecule has 2 aromatic rings. The number of benzene rings is 2. The highest BCUT2D eigenvalue weighted by Gasteiger charge is 2.48. The summed E-state index contributed by atoms with van der Waals surface area (Å²) in [6.07, 6.45) is 8.98. The van der Waals surface area contributed by atoms with E-state index in [9.17, 15) is 74.9 Å². The first-order chi connectivity index (χ1) is 37.9. The molecule has 2 aromatic carbocycles. The van der Waals surface area contributed by atoms with E-state index in [0.717, 1.165) is 4.31 Å². The first-order valence-electron chi connectivity index (χ1n) is 26.2. The number of carbonyl (C=O) groups excluding carboxylic acids is 4. The lowest BCUT2D eigenvalue weighted by molar-refractivity contribution is -0.144. The van der Waals surface area contributed by atoms with Crippen molar-refractivity contribution in [3.8, 4) is 0 Å². The van der Waals surface area contributed by atoms with Crippen molar-refractivity contribution < 1.29 is 84.2 Å². The first kappa shape index (κ1) is 67.1. The molecule has 0 bridgehead atoms. The normalized spacial score (nSPS) is 19.0. The zero-order valence-corrected chi connectivity index (χ0v) is 50.5. The van der Waals surface area contributed by atoms with Crippen molar-refractivity contribution in [1.29, 1.82) is 0 Å². The third kappa shape index (κ3) is 17.9. The van der Waals surface area contributed by atoms with Gasteiger partial charge < -0.3 is 25.6 Å². The first-order valence-corrected chi connectivity index (χ1v) is 33.9. The van der Waals surface area contributed by atoms with Crippen molar-refractivity contribution in [2.75, 3.05) is 68.5 Å². The Morgan fingerprint density at radius 3 is 1.91 bits per heavy atom. The highest BCUT2D eigenvalue weighted by atomic mass is 32.2. The van der Waals surface area contributed by atoms with Crippen LogP contribution in [0.25, 0.3) is 0 Å². The molecule has 0 radical (unpaired) electrons. The van der Waals surface area contributed by atoms with Gasteiger partial charge in [0.1, 0.15) is 5.41 Å². The Balaban J connectivity index is 1.59. The lowest BCUT2D eigenvalue weighted by atomic mass is 9.70. The molecule has 0 aromatic heterocycles. The summed E-state index contributed by atoms with van der Waals surface area (Å²) in [6, 6.07) is 8.34. The topological polar surface area (TPSA) is 384 Å². The molecule has 1 unspecified atom stereocenters. The van der Waals surface area contributed by atoms with E-state index in [4.69, 9.17) is 14.3 Å². The number of hydrogen-bond acceptors (Lipinski definition) is 17. The average molecular weight is 1250 g/mol. The molecule has 3 aliphatic rings. The van der Waals surface area contributed by atoms with Crippen molar-refractivity contribution in [2.45, 2.75) is 113 Å². The van der Waals surface area contributed by atoms with Gasteiger partial charge >= 0.3 is 5.97 Å². The van der Waals surface area contributed by atoms with Crippen molar-refractivity contribution in [3.63, 3.8) is 0 Å². The van der Waals surface area contributed by atoms with Crippen LogP contribution >= 0.6 is 0 Å². The Morgan fingerprint density at radius 1 is 0.683 bits per heavy atom. The van der Waals surface area contributed by atoms with Crippen LogP contribution in [0.1, 0.15) is 104 Å². The number of nitrogens with one attached hydrogen (secondary N) is 3. The molecule has 2 heterocycles. The number of unbranched alkanes of at least 4 members (excludes halogenated alkanes) is 2. The lowest BCUT2D eigenvalue weighted by Gasteiger charge is -2.35. The summed E-state index contributed by atoms with van der Waals surface area (Å²) in [5.41, 5.74) is -0.472. The third-order valence-electron chi connectivity index (χ3n) is 14.2. The summed E-state index contributed by atoms with van der Waals surface area (Å²) >= 11 is 0. The maximum absolute atomic E-state index is 14.8. The molecule has 0 saturated heterocycles. The van der Waals surface area contributed by atoms with E-state index < -0.39 is 108 Å². The number of aliphatic imine (C=N–C) groups is 1. The summed E-state index contributed by atoms with van der Waals surface area (Å²) in [7, 11) is -20.8. The van der Waals surface area contributed by atoms with Crippen LogP contribution in [0.4, 0.5) is 11.4 Å². The van der Waals surface area contributed by atoms with E-state index in [1.54, 1.807) is 76.0 Å². The number of nitrogens with zero attached hydrogens (tertiary/aromatic N) is 3. The second kappa shape index (κ2) is 26.9. The molecule has 0 spiro atoms. The number of allylic oxidation sites excluding steroid dienone is 8. The van der Waals surface area contributed by atoms with Gasteiger partial charge in [-0.1, -0.05) is 52.3 Å². The molecule has 2 aliphatic heterocycles. The monoisotopic (exact) mass is 1240 g/mol. The molecule has 25 nitrogen and oxygen atoms in total. The summed E-state index contributed by atoms with van der Waals surface area (Å²) in [5.74, 6) is -4.79. The highest BCUT2D eigenvalue weighted by Crippen LogP contribution is 2.49. The number of rotatable bonds is 29. The maximum Gasteiger partial charge on any atom is 0.305 e. The Bertz CT molecular complexity index is 3540. The second-order valence-electron chi connectivity index (χ2n) is 21.1. The van der Waals surface area contributed by atoms with E-state index in [0.29, 0.717) is 64.3 Å². The Morgan fingerprint density at radius 2 is 1.29 bits per heavy atom. The van der Waals surface area contributed by atoms with Crippen molar-refractivity contribution in [3.05, 3.63) is 94.7 Å². The van der Waals surface area contributed by atoms with Crippen LogP contribution in [0, 0.1) is 5.41 Å². The molecule has 1 aliphatic carbocycles. The Labute approximate surface area is 479 Å². The number of carbonyl (C=O) groups is 4. The number of amides is 3. The fraction of sp³-hybridized carbons (Fsp3) is 0.519. The number of esters is 1. The van der Waals surface area contributed by atoms with Crippen LogP contribution in [0.3, 0.4) is 0 Å². The minimum absolute atomic E-state index is 0.0122.